The van der Waals surface area contributed by atoms with Gasteiger partial charge in [0.2, 0.25) is 0 Å². The second-order valence-electron chi connectivity index (χ2n) is 5.74. The first kappa shape index (κ1) is 20.8. The van der Waals surface area contributed by atoms with Crippen LogP contribution in [0, 0.1) is 17.0 Å². The average Bonchev–Trinajstić information content (AvgIpc) is 2.61. The third-order valence-electron chi connectivity index (χ3n) is 3.56. The quantitative estimate of drug-likeness (QED) is 0.321. The minimum Gasteiger partial charge on any atom is -0.262 e. The fourth-order valence-corrected chi connectivity index (χ4v) is 2.21. The highest BCUT2D eigenvalue weighted by Gasteiger charge is 2.03. The number of pyridine rings is 1. The summed E-state index contributed by atoms with van der Waals surface area (Å²) in [5, 5.41) is 10.8. The monoisotopic (exact) mass is 348 g/mol. The van der Waals surface area contributed by atoms with Crippen LogP contribution in [-0.4, -0.2) is 9.91 Å². The van der Waals surface area contributed by atoms with Crippen molar-refractivity contribution in [1.29, 1.82) is 0 Å². The normalized spacial score (nSPS) is 12.0. The molecule has 1 rings (SSSR count). The maximum atomic E-state index is 10.8. The highest BCUT2D eigenvalue weighted by Crippen LogP contribution is 2.14. The molecule has 0 amide bonds. The third-order valence-corrected chi connectivity index (χ3v) is 3.56. The van der Waals surface area contributed by atoms with Gasteiger partial charge in [-0.15, -0.1) is 0 Å². The highest BCUT2D eigenvalue weighted by atomic mass is 16.6. The SMILES string of the molecule is C=CC(=CC(=C)C=CC(=C)C=C(C=C)[N+](=O)[O-])CCc1ccnc(C)c1. The van der Waals surface area contributed by atoms with Gasteiger partial charge >= 0.3 is 0 Å². The number of aryl methyl sites for hydroxylation is 2. The molecule has 0 spiro atoms. The average molecular weight is 348 g/mol. The van der Waals surface area contributed by atoms with Crippen LogP contribution in [0.15, 0.2) is 104 Å². The molecule has 1 heterocycles. The van der Waals surface area contributed by atoms with E-state index in [1.165, 1.54) is 17.7 Å². The molecule has 4 nitrogen and oxygen atoms in total. The molecule has 0 aliphatic heterocycles. The van der Waals surface area contributed by atoms with Crippen molar-refractivity contribution in [2.24, 2.45) is 0 Å². The molecule has 1 aromatic heterocycles. The molecule has 0 bridgehead atoms. The maximum absolute atomic E-state index is 10.8. The van der Waals surface area contributed by atoms with Gasteiger partial charge in [-0.2, -0.15) is 0 Å². The van der Waals surface area contributed by atoms with Crippen LogP contribution in [0.1, 0.15) is 17.7 Å². The minimum atomic E-state index is -0.503. The Balaban J connectivity index is 2.72. The summed E-state index contributed by atoms with van der Waals surface area (Å²) in [5.41, 5.74) is 4.45. The second-order valence-corrected chi connectivity index (χ2v) is 5.74. The Labute approximate surface area is 155 Å². The van der Waals surface area contributed by atoms with Gasteiger partial charge < -0.3 is 0 Å². The topological polar surface area (TPSA) is 56.0 Å². The van der Waals surface area contributed by atoms with E-state index in [4.69, 9.17) is 0 Å². The molecule has 0 aliphatic carbocycles. The lowest BCUT2D eigenvalue weighted by molar-refractivity contribution is -0.419. The molecule has 0 aliphatic rings. The number of allylic oxidation sites excluding steroid dienone is 9. The van der Waals surface area contributed by atoms with E-state index in [1.807, 2.05) is 31.3 Å². The van der Waals surface area contributed by atoms with Crippen molar-refractivity contribution in [3.8, 4) is 0 Å². The summed E-state index contributed by atoms with van der Waals surface area (Å²) in [4.78, 5) is 14.4. The summed E-state index contributed by atoms with van der Waals surface area (Å²) >= 11 is 0. The summed E-state index contributed by atoms with van der Waals surface area (Å²) in [5.74, 6) is 0. The summed E-state index contributed by atoms with van der Waals surface area (Å²) in [7, 11) is 0. The Kier molecular flexibility index (Phi) is 8.44. The Morgan fingerprint density at radius 3 is 2.38 bits per heavy atom. The van der Waals surface area contributed by atoms with Crippen molar-refractivity contribution in [3.05, 3.63) is 125 Å². The van der Waals surface area contributed by atoms with Crippen LogP contribution in [-0.2, 0) is 6.42 Å². The first-order valence-electron chi connectivity index (χ1n) is 8.14. The van der Waals surface area contributed by atoms with Crippen molar-refractivity contribution in [2.75, 3.05) is 0 Å². The van der Waals surface area contributed by atoms with Gasteiger partial charge in [-0.1, -0.05) is 50.6 Å². The number of nitrogens with zero attached hydrogens (tertiary/aromatic N) is 2. The maximum Gasteiger partial charge on any atom is 0.269 e. The van der Waals surface area contributed by atoms with Crippen LogP contribution in [0.3, 0.4) is 0 Å². The van der Waals surface area contributed by atoms with Crippen molar-refractivity contribution in [1.82, 2.24) is 4.98 Å². The summed E-state index contributed by atoms with van der Waals surface area (Å²) in [6, 6.07) is 4.07. The van der Waals surface area contributed by atoms with Gasteiger partial charge in [0, 0.05) is 24.0 Å². The molecule has 0 atom stereocenters. The van der Waals surface area contributed by atoms with Crippen LogP contribution in [0.4, 0.5) is 0 Å². The number of rotatable bonds is 10. The predicted octanol–water partition coefficient (Wildman–Crippen LogP) is 5.45. The van der Waals surface area contributed by atoms with Gasteiger partial charge in [0.25, 0.3) is 5.70 Å². The molecule has 0 aromatic carbocycles. The summed E-state index contributed by atoms with van der Waals surface area (Å²) < 4.78 is 0. The summed E-state index contributed by atoms with van der Waals surface area (Å²) in [6.07, 6.45) is 13.3. The van der Waals surface area contributed by atoms with Gasteiger partial charge in [0.1, 0.15) is 0 Å². The molecule has 0 N–H and O–H groups in total. The number of hydrogen-bond acceptors (Lipinski definition) is 3. The molecule has 0 saturated carbocycles. The van der Waals surface area contributed by atoms with Crippen molar-refractivity contribution in [3.63, 3.8) is 0 Å². The number of hydrogen-bond donors (Lipinski definition) is 0. The number of nitro groups is 1. The zero-order chi connectivity index (χ0) is 19.5. The first-order valence-corrected chi connectivity index (χ1v) is 8.14. The zero-order valence-electron chi connectivity index (χ0n) is 15.1. The zero-order valence-corrected chi connectivity index (χ0v) is 15.1. The van der Waals surface area contributed by atoms with Gasteiger partial charge in [0.05, 0.1) is 4.92 Å². The minimum absolute atomic E-state index is 0.0970. The van der Waals surface area contributed by atoms with E-state index >= 15 is 0 Å². The summed E-state index contributed by atoms with van der Waals surface area (Å²) in [6.45, 7) is 17.0. The Morgan fingerprint density at radius 1 is 1.19 bits per heavy atom. The number of aromatic nitrogens is 1. The Hall–Kier alpha value is -3.27. The van der Waals surface area contributed by atoms with Crippen LogP contribution in [0.2, 0.25) is 0 Å². The van der Waals surface area contributed by atoms with Crippen molar-refractivity contribution >= 4 is 0 Å². The highest BCUT2D eigenvalue weighted by molar-refractivity contribution is 5.40. The van der Waals surface area contributed by atoms with E-state index in [0.29, 0.717) is 5.57 Å². The van der Waals surface area contributed by atoms with Crippen LogP contribution < -0.4 is 0 Å². The molecular formula is C22H24N2O2. The van der Waals surface area contributed by atoms with Crippen LogP contribution >= 0.6 is 0 Å². The Morgan fingerprint density at radius 2 is 1.85 bits per heavy atom. The molecule has 0 unspecified atom stereocenters. The Bertz CT molecular complexity index is 811. The van der Waals surface area contributed by atoms with Crippen LogP contribution in [0.25, 0.3) is 0 Å². The van der Waals surface area contributed by atoms with Gasteiger partial charge in [0.15, 0.2) is 0 Å². The van der Waals surface area contributed by atoms with E-state index in [9.17, 15) is 10.1 Å². The molecule has 0 saturated heterocycles. The van der Waals surface area contributed by atoms with E-state index in [0.717, 1.165) is 29.7 Å². The fourth-order valence-electron chi connectivity index (χ4n) is 2.21. The van der Waals surface area contributed by atoms with E-state index in [-0.39, 0.29) is 5.70 Å². The van der Waals surface area contributed by atoms with Gasteiger partial charge in [-0.25, -0.2) is 0 Å². The van der Waals surface area contributed by atoms with E-state index < -0.39 is 4.92 Å². The molecule has 0 fully saturated rings. The smallest absolute Gasteiger partial charge is 0.262 e. The molecule has 134 valence electrons. The fraction of sp³-hybridized carbons (Fsp3) is 0.136. The molecule has 4 heteroatoms. The lowest BCUT2D eigenvalue weighted by Gasteiger charge is -2.04. The standard InChI is InChI=1S/C22H24N2O2/c1-6-20(10-11-21-12-13-23-19(5)16-21)14-17(3)8-9-18(4)15-22(7-2)24(25)26/h6-9,12-16H,1-4,10-11H2,5H3. The molecular weight excluding hydrogens is 324 g/mol. The molecule has 0 radical (unpaired) electrons. The first-order chi connectivity index (χ1) is 12.3. The lowest BCUT2D eigenvalue weighted by Crippen LogP contribution is -1.94. The second kappa shape index (κ2) is 10.6. The predicted molar refractivity (Wildman–Crippen MR) is 108 cm³/mol. The van der Waals surface area contributed by atoms with Crippen molar-refractivity contribution in [2.45, 2.75) is 19.8 Å². The van der Waals surface area contributed by atoms with E-state index in [2.05, 4.69) is 37.4 Å². The third kappa shape index (κ3) is 7.53. The van der Waals surface area contributed by atoms with Crippen molar-refractivity contribution < 1.29 is 4.92 Å². The van der Waals surface area contributed by atoms with Crippen LogP contribution in [0.5, 0.6) is 0 Å². The molecule has 26 heavy (non-hydrogen) atoms. The van der Waals surface area contributed by atoms with E-state index in [1.54, 1.807) is 12.2 Å². The largest absolute Gasteiger partial charge is 0.269 e. The molecule has 1 aromatic rings. The van der Waals surface area contributed by atoms with Gasteiger partial charge in [-0.3, -0.25) is 15.1 Å². The lowest BCUT2D eigenvalue weighted by atomic mass is 10.0. The van der Waals surface area contributed by atoms with Gasteiger partial charge in [-0.05, 0) is 54.2 Å².